The van der Waals surface area contributed by atoms with Crippen molar-refractivity contribution in [3.63, 3.8) is 0 Å². The van der Waals surface area contributed by atoms with Crippen LogP contribution in [0.3, 0.4) is 0 Å². The van der Waals surface area contributed by atoms with Gasteiger partial charge in [0.25, 0.3) is 0 Å². The number of β-lactam (4-membered cyclic amide) rings is 1. The molecule has 4 aliphatic rings. The first-order chi connectivity index (χ1) is 17.7. The molecule has 7 atom stereocenters. The number of nitrogens with one attached hydrogen (secondary N) is 2. The summed E-state index contributed by atoms with van der Waals surface area (Å²) in [6, 6.07) is -1.17. The fraction of sp³-hybridized carbons (Fsp3) is 0.682. The summed E-state index contributed by atoms with van der Waals surface area (Å²) in [6.07, 6.45) is 2.69. The molecule has 4 aliphatic heterocycles. The molecule has 5 rings (SSSR count). The third kappa shape index (κ3) is 4.70. The van der Waals surface area contributed by atoms with Gasteiger partial charge in [0.05, 0.1) is 18.0 Å². The molecule has 1 aromatic rings. The lowest BCUT2D eigenvalue weighted by Crippen LogP contribution is -2.66. The van der Waals surface area contributed by atoms with Gasteiger partial charge in [-0.1, -0.05) is 6.92 Å². The Morgan fingerprint density at radius 3 is 2.81 bits per heavy atom. The number of aliphatic carboxylic acids is 1. The number of rotatable bonds is 8. The Morgan fingerprint density at radius 2 is 2.16 bits per heavy atom. The molecule has 37 heavy (non-hydrogen) atoms. The van der Waals surface area contributed by atoms with Crippen LogP contribution in [0.1, 0.15) is 26.7 Å². The molecule has 14 nitrogen and oxygen atoms in total. The second kappa shape index (κ2) is 10.0. The van der Waals surface area contributed by atoms with Crippen LogP contribution in [0.15, 0.2) is 16.9 Å². The van der Waals surface area contributed by atoms with Gasteiger partial charge in [-0.15, -0.1) is 16.9 Å². The van der Waals surface area contributed by atoms with E-state index in [1.807, 2.05) is 6.92 Å². The molecule has 5 N–H and O–H groups in total. The lowest BCUT2D eigenvalue weighted by atomic mass is 9.78. The van der Waals surface area contributed by atoms with E-state index < -0.39 is 17.9 Å². The van der Waals surface area contributed by atoms with E-state index in [0.29, 0.717) is 31.0 Å². The average Bonchev–Trinajstić information content (AvgIpc) is 3.63. The van der Waals surface area contributed by atoms with Crippen molar-refractivity contribution in [2.75, 3.05) is 19.6 Å². The molecule has 1 unspecified atom stereocenters. The molecule has 3 fully saturated rings. The van der Waals surface area contributed by atoms with Crippen LogP contribution < -0.4 is 16.4 Å². The van der Waals surface area contributed by atoms with Crippen molar-refractivity contribution in [2.45, 2.75) is 62.7 Å². The fourth-order valence-electron chi connectivity index (χ4n) is 5.85. The average molecular weight is 534 g/mol. The highest BCUT2D eigenvalue weighted by atomic mass is 32.2. The van der Waals surface area contributed by atoms with Crippen LogP contribution in [0, 0.1) is 11.8 Å². The lowest BCUT2D eigenvalue weighted by Gasteiger charge is -2.47. The Hall–Kier alpha value is -3.04. The fourth-order valence-corrected chi connectivity index (χ4v) is 7.33. The van der Waals surface area contributed by atoms with Crippen LogP contribution in [-0.4, -0.2) is 108 Å². The van der Waals surface area contributed by atoms with Crippen molar-refractivity contribution in [3.05, 3.63) is 16.9 Å². The summed E-state index contributed by atoms with van der Waals surface area (Å²) in [4.78, 5) is 54.4. The van der Waals surface area contributed by atoms with E-state index in [4.69, 9.17) is 5.73 Å². The maximum absolute atomic E-state index is 13.1. The number of amides is 3. The molecule has 1 aromatic heterocycles. The van der Waals surface area contributed by atoms with Crippen molar-refractivity contribution in [3.8, 4) is 0 Å². The maximum Gasteiger partial charge on any atom is 0.353 e. The van der Waals surface area contributed by atoms with E-state index in [1.165, 1.54) is 27.7 Å². The van der Waals surface area contributed by atoms with Crippen LogP contribution in [-0.2, 0) is 25.7 Å². The number of aromatic nitrogens is 4. The molecule has 0 bridgehead atoms. The number of carboxylic acids is 1. The lowest BCUT2D eigenvalue weighted by molar-refractivity contribution is -0.158. The number of thioether (sulfide) groups is 1. The van der Waals surface area contributed by atoms with E-state index in [2.05, 4.69) is 26.2 Å². The minimum Gasteiger partial charge on any atom is -0.477 e. The highest BCUT2D eigenvalue weighted by Gasteiger charge is 2.60. The van der Waals surface area contributed by atoms with E-state index in [-0.39, 0.29) is 59.3 Å². The van der Waals surface area contributed by atoms with Gasteiger partial charge in [-0.2, -0.15) is 0 Å². The predicted molar refractivity (Wildman–Crippen MR) is 130 cm³/mol. The van der Waals surface area contributed by atoms with Crippen molar-refractivity contribution < 1.29 is 24.3 Å². The molecule has 0 aromatic carbocycles. The number of carbonyl (C=O) groups is 4. The number of carboxylic acid groups (broad SMARTS) is 1. The first kappa shape index (κ1) is 25.6. The number of likely N-dealkylation sites (tertiary alicyclic amines) is 1. The van der Waals surface area contributed by atoms with Crippen LogP contribution >= 0.6 is 11.8 Å². The quantitative estimate of drug-likeness (QED) is 0.270. The van der Waals surface area contributed by atoms with Crippen LogP contribution in [0.4, 0.5) is 0 Å². The van der Waals surface area contributed by atoms with Crippen molar-refractivity contribution in [1.82, 2.24) is 40.6 Å². The summed E-state index contributed by atoms with van der Waals surface area (Å²) in [5, 5.41) is 26.7. The van der Waals surface area contributed by atoms with E-state index in [9.17, 15) is 24.3 Å². The first-order valence-electron chi connectivity index (χ1n) is 12.4. The van der Waals surface area contributed by atoms with Gasteiger partial charge < -0.3 is 31.3 Å². The second-order valence-corrected chi connectivity index (χ2v) is 11.5. The summed E-state index contributed by atoms with van der Waals surface area (Å²) >= 11 is 1.44. The zero-order valence-corrected chi connectivity index (χ0v) is 21.4. The molecule has 3 amide bonds. The van der Waals surface area contributed by atoms with Crippen LogP contribution in [0.5, 0.6) is 0 Å². The van der Waals surface area contributed by atoms with Gasteiger partial charge in [0.1, 0.15) is 18.6 Å². The third-order valence-corrected chi connectivity index (χ3v) is 9.15. The van der Waals surface area contributed by atoms with E-state index in [1.54, 1.807) is 11.8 Å². The minimum atomic E-state index is -1.15. The van der Waals surface area contributed by atoms with Gasteiger partial charge in [0, 0.05) is 47.8 Å². The first-order valence-corrected chi connectivity index (χ1v) is 13.3. The number of nitrogens with two attached hydrogens (primary N) is 1. The predicted octanol–water partition coefficient (Wildman–Crippen LogP) is -2.03. The largest absolute Gasteiger partial charge is 0.477 e. The summed E-state index contributed by atoms with van der Waals surface area (Å²) in [6.45, 7) is 5.37. The highest BCUT2D eigenvalue weighted by Crippen LogP contribution is 2.51. The molecule has 0 spiro atoms. The van der Waals surface area contributed by atoms with Crippen LogP contribution in [0.2, 0.25) is 0 Å². The summed E-state index contributed by atoms with van der Waals surface area (Å²) in [5.41, 5.74) is 5.95. The number of fused-ring (bicyclic) bond motifs is 1. The smallest absolute Gasteiger partial charge is 0.353 e. The molecule has 0 aliphatic carbocycles. The second-order valence-electron chi connectivity index (χ2n) is 10.2. The molecular formula is C22H31N9O5S. The van der Waals surface area contributed by atoms with Crippen molar-refractivity contribution in [1.29, 1.82) is 0 Å². The van der Waals surface area contributed by atoms with Gasteiger partial charge in [-0.3, -0.25) is 14.4 Å². The number of hydrogen-bond donors (Lipinski definition) is 4. The molecular weight excluding hydrogens is 502 g/mol. The van der Waals surface area contributed by atoms with Gasteiger partial charge in [0.2, 0.25) is 17.7 Å². The third-order valence-electron chi connectivity index (χ3n) is 7.63. The number of hydrogen-bond acceptors (Lipinski definition) is 10. The molecule has 5 heterocycles. The number of tetrazole rings is 1. The number of carbonyl (C=O) groups excluding carboxylic acids is 3. The minimum absolute atomic E-state index is 0.00213. The Kier molecular flexibility index (Phi) is 6.93. The van der Waals surface area contributed by atoms with Gasteiger partial charge >= 0.3 is 5.97 Å². The van der Waals surface area contributed by atoms with Crippen molar-refractivity contribution in [2.24, 2.45) is 17.6 Å². The Labute approximate surface area is 217 Å². The monoisotopic (exact) mass is 533 g/mol. The topological polar surface area (TPSA) is 189 Å². The van der Waals surface area contributed by atoms with Crippen molar-refractivity contribution >= 4 is 35.5 Å². The highest BCUT2D eigenvalue weighted by molar-refractivity contribution is 8.03. The Morgan fingerprint density at radius 1 is 1.38 bits per heavy atom. The van der Waals surface area contributed by atoms with E-state index in [0.717, 1.165) is 6.42 Å². The Balaban J connectivity index is 1.23. The Bertz CT molecular complexity index is 1130. The standard InChI is InChI=1S/C22H31N9O5S/c1-10-17-16(11(2)26-15(32)8-30-9-25-27-28-30)21(34)31(17)18(22(35)36)19(10)37-13-5-14(24-6-13)20(33)29-4-3-12(23)7-29/h9-14,16-17,24H,3-8,23H2,1-2H3,(H,26,32)(H,35,36)/t10-,11-,12+,13+,14?,16-,17-/m1/s1. The number of nitrogens with zero attached hydrogens (tertiary/aromatic N) is 6. The van der Waals surface area contributed by atoms with E-state index >= 15 is 0 Å². The maximum atomic E-state index is 13.1. The molecule has 15 heteroatoms. The SMILES string of the molecule is C[C@@H](NC(=O)Cn1cnnn1)[C@H]1C(=O)N2C(C(=O)O)=C(S[C@@H]3CNC(C(=O)N4CC[C@H](N)C4)C3)[C@H](C)[C@H]12. The van der Waals surface area contributed by atoms with Crippen LogP contribution in [0.25, 0.3) is 0 Å². The summed E-state index contributed by atoms with van der Waals surface area (Å²) in [5.74, 6) is -2.54. The molecule has 0 saturated carbocycles. The zero-order valence-electron chi connectivity index (χ0n) is 20.6. The normalized spacial score (nSPS) is 31.9. The molecule has 200 valence electrons. The summed E-state index contributed by atoms with van der Waals surface area (Å²) in [7, 11) is 0. The van der Waals surface area contributed by atoms with Gasteiger partial charge in [0.15, 0.2) is 0 Å². The van der Waals surface area contributed by atoms with Gasteiger partial charge in [-0.25, -0.2) is 9.48 Å². The zero-order chi connectivity index (χ0) is 26.4. The molecule has 3 saturated heterocycles. The summed E-state index contributed by atoms with van der Waals surface area (Å²) < 4.78 is 1.28. The van der Waals surface area contributed by atoms with Gasteiger partial charge in [-0.05, 0) is 30.2 Å². The molecule has 0 radical (unpaired) electrons.